The number of benzene rings is 1. The lowest BCUT2D eigenvalue weighted by Crippen LogP contribution is -2.39. The molecular weight excluding hydrogens is 252 g/mol. The largest absolute Gasteiger partial charge is 0.483 e. The van der Waals surface area contributed by atoms with Crippen molar-refractivity contribution < 1.29 is 9.53 Å². The number of amides is 1. The summed E-state index contributed by atoms with van der Waals surface area (Å²) in [5.41, 5.74) is 7.82. The summed E-state index contributed by atoms with van der Waals surface area (Å²) in [6, 6.07) is 6.08. The molecule has 0 saturated heterocycles. The average Bonchev–Trinajstić information content (AvgIpc) is 2.38. The Morgan fingerprint density at radius 1 is 1.35 bits per heavy atom. The van der Waals surface area contributed by atoms with Gasteiger partial charge in [-0.25, -0.2) is 0 Å². The fourth-order valence-corrected chi connectivity index (χ4v) is 1.81. The van der Waals surface area contributed by atoms with E-state index in [-0.39, 0.29) is 18.6 Å². The minimum Gasteiger partial charge on any atom is -0.483 e. The maximum absolute atomic E-state index is 11.8. The topological polar surface area (TPSA) is 64.3 Å². The maximum Gasteiger partial charge on any atom is 0.258 e. The van der Waals surface area contributed by atoms with Crippen molar-refractivity contribution in [2.45, 2.75) is 40.2 Å². The number of nitrogens with one attached hydrogen (secondary N) is 1. The van der Waals surface area contributed by atoms with E-state index in [0.717, 1.165) is 17.7 Å². The lowest BCUT2D eigenvalue weighted by molar-refractivity contribution is -0.124. The van der Waals surface area contributed by atoms with Crippen molar-refractivity contribution in [3.63, 3.8) is 0 Å². The first-order chi connectivity index (χ1) is 9.43. The number of ether oxygens (including phenoxy) is 1. The third-order valence-electron chi connectivity index (χ3n) is 3.38. The molecule has 0 bridgehead atoms. The summed E-state index contributed by atoms with van der Waals surface area (Å²) in [4.78, 5) is 11.8. The van der Waals surface area contributed by atoms with E-state index < -0.39 is 0 Å². The Morgan fingerprint density at radius 3 is 2.65 bits per heavy atom. The van der Waals surface area contributed by atoms with Gasteiger partial charge in [0.1, 0.15) is 5.75 Å². The van der Waals surface area contributed by atoms with Gasteiger partial charge in [0, 0.05) is 6.04 Å². The van der Waals surface area contributed by atoms with Crippen LogP contribution in [0.2, 0.25) is 0 Å². The summed E-state index contributed by atoms with van der Waals surface area (Å²) in [6.45, 7) is 8.78. The van der Waals surface area contributed by atoms with E-state index >= 15 is 0 Å². The van der Waals surface area contributed by atoms with Gasteiger partial charge in [0.25, 0.3) is 5.91 Å². The van der Waals surface area contributed by atoms with Crippen LogP contribution in [0.1, 0.15) is 31.9 Å². The van der Waals surface area contributed by atoms with Crippen LogP contribution in [0.4, 0.5) is 0 Å². The molecule has 0 aliphatic heterocycles. The van der Waals surface area contributed by atoms with Gasteiger partial charge in [-0.15, -0.1) is 0 Å². The first-order valence-electron chi connectivity index (χ1n) is 7.15. The minimum atomic E-state index is -0.0922. The van der Waals surface area contributed by atoms with Gasteiger partial charge in [0.15, 0.2) is 6.61 Å². The van der Waals surface area contributed by atoms with E-state index in [1.807, 2.05) is 26.0 Å². The van der Waals surface area contributed by atoms with Crippen molar-refractivity contribution in [3.05, 3.63) is 29.3 Å². The average molecular weight is 278 g/mol. The van der Waals surface area contributed by atoms with Gasteiger partial charge in [-0.2, -0.15) is 0 Å². The second-order valence-corrected chi connectivity index (χ2v) is 5.54. The van der Waals surface area contributed by atoms with Crippen molar-refractivity contribution >= 4 is 5.91 Å². The summed E-state index contributed by atoms with van der Waals surface area (Å²) < 4.78 is 5.62. The molecule has 20 heavy (non-hydrogen) atoms. The van der Waals surface area contributed by atoms with E-state index in [2.05, 4.69) is 25.2 Å². The Hall–Kier alpha value is -1.55. The monoisotopic (exact) mass is 278 g/mol. The van der Waals surface area contributed by atoms with Crippen LogP contribution >= 0.6 is 0 Å². The van der Waals surface area contributed by atoms with E-state index in [4.69, 9.17) is 10.5 Å². The second-order valence-electron chi connectivity index (χ2n) is 5.54. The van der Waals surface area contributed by atoms with E-state index in [1.165, 1.54) is 5.56 Å². The Kier molecular flexibility index (Phi) is 6.52. The lowest BCUT2D eigenvalue weighted by atomic mass is 10.1. The van der Waals surface area contributed by atoms with Gasteiger partial charge < -0.3 is 15.8 Å². The van der Waals surface area contributed by atoms with Crippen LogP contribution < -0.4 is 15.8 Å². The number of rotatable bonds is 7. The first kappa shape index (κ1) is 16.5. The molecule has 0 heterocycles. The molecular formula is C16H26N2O2. The highest BCUT2D eigenvalue weighted by Crippen LogP contribution is 2.20. The SMILES string of the molecule is Cc1ccc(OCC(=O)NC(C)C(C)C)c(CCN)c1. The molecule has 0 radical (unpaired) electrons. The van der Waals surface area contributed by atoms with Gasteiger partial charge in [0.05, 0.1) is 0 Å². The van der Waals surface area contributed by atoms with Crippen LogP contribution in [0.15, 0.2) is 18.2 Å². The zero-order valence-electron chi connectivity index (χ0n) is 12.9. The molecule has 3 N–H and O–H groups in total. The van der Waals surface area contributed by atoms with Crippen molar-refractivity contribution in [2.24, 2.45) is 11.7 Å². The Balaban J connectivity index is 2.59. The molecule has 0 aliphatic rings. The third-order valence-corrected chi connectivity index (χ3v) is 3.38. The molecule has 0 aliphatic carbocycles. The molecule has 1 aromatic carbocycles. The van der Waals surface area contributed by atoms with Crippen molar-refractivity contribution in [1.29, 1.82) is 0 Å². The predicted molar refractivity (Wildman–Crippen MR) is 81.9 cm³/mol. The Bertz CT molecular complexity index is 444. The van der Waals surface area contributed by atoms with E-state index in [1.54, 1.807) is 0 Å². The van der Waals surface area contributed by atoms with Gasteiger partial charge in [0.2, 0.25) is 0 Å². The van der Waals surface area contributed by atoms with E-state index in [0.29, 0.717) is 12.5 Å². The van der Waals surface area contributed by atoms with Crippen LogP contribution in [-0.2, 0) is 11.2 Å². The fourth-order valence-electron chi connectivity index (χ4n) is 1.81. The molecule has 0 saturated carbocycles. The highest BCUT2D eigenvalue weighted by atomic mass is 16.5. The minimum absolute atomic E-state index is 0.0394. The third kappa shape index (κ3) is 5.21. The van der Waals surface area contributed by atoms with Crippen LogP contribution in [0, 0.1) is 12.8 Å². The number of aryl methyl sites for hydroxylation is 1. The summed E-state index contributed by atoms with van der Waals surface area (Å²) >= 11 is 0. The number of hydrogen-bond donors (Lipinski definition) is 2. The van der Waals surface area contributed by atoms with Crippen LogP contribution in [-0.4, -0.2) is 25.1 Å². The molecule has 112 valence electrons. The molecule has 4 nitrogen and oxygen atoms in total. The molecule has 4 heteroatoms. The number of carbonyl (C=O) groups excluding carboxylic acids is 1. The van der Waals surface area contributed by atoms with Crippen molar-refractivity contribution in [1.82, 2.24) is 5.32 Å². The van der Waals surface area contributed by atoms with Crippen LogP contribution in [0.5, 0.6) is 5.75 Å². The molecule has 0 spiro atoms. The molecule has 0 aromatic heterocycles. The van der Waals surface area contributed by atoms with Gasteiger partial charge >= 0.3 is 0 Å². The van der Waals surface area contributed by atoms with Gasteiger partial charge in [-0.1, -0.05) is 31.5 Å². The molecule has 1 aromatic rings. The van der Waals surface area contributed by atoms with Crippen molar-refractivity contribution in [2.75, 3.05) is 13.2 Å². The van der Waals surface area contributed by atoms with Crippen molar-refractivity contribution in [3.8, 4) is 5.75 Å². The molecule has 1 rings (SSSR count). The van der Waals surface area contributed by atoms with E-state index in [9.17, 15) is 4.79 Å². The standard InChI is InChI=1S/C16H26N2O2/c1-11(2)13(4)18-16(19)10-20-15-6-5-12(3)9-14(15)7-8-17/h5-6,9,11,13H,7-8,10,17H2,1-4H3,(H,18,19). The Labute approximate surface area is 121 Å². The summed E-state index contributed by atoms with van der Waals surface area (Å²) in [5, 5.41) is 2.92. The van der Waals surface area contributed by atoms with Gasteiger partial charge in [-0.3, -0.25) is 4.79 Å². The number of hydrogen-bond acceptors (Lipinski definition) is 3. The smallest absolute Gasteiger partial charge is 0.258 e. The second kappa shape index (κ2) is 7.90. The van der Waals surface area contributed by atoms with Gasteiger partial charge in [-0.05, 0) is 44.4 Å². The number of carbonyl (C=O) groups is 1. The highest BCUT2D eigenvalue weighted by molar-refractivity contribution is 5.77. The Morgan fingerprint density at radius 2 is 2.05 bits per heavy atom. The lowest BCUT2D eigenvalue weighted by Gasteiger charge is -2.18. The maximum atomic E-state index is 11.8. The molecule has 1 atom stereocenters. The first-order valence-corrected chi connectivity index (χ1v) is 7.15. The fraction of sp³-hybridized carbons (Fsp3) is 0.562. The van der Waals surface area contributed by atoms with Crippen LogP contribution in [0.25, 0.3) is 0 Å². The predicted octanol–water partition coefficient (Wildman–Crippen LogP) is 2.04. The molecule has 1 unspecified atom stereocenters. The molecule has 0 fully saturated rings. The molecule has 1 amide bonds. The number of nitrogens with two attached hydrogens (primary N) is 1. The zero-order valence-corrected chi connectivity index (χ0v) is 12.9. The quantitative estimate of drug-likeness (QED) is 0.802. The summed E-state index contributed by atoms with van der Waals surface area (Å²) in [5.74, 6) is 1.06. The zero-order chi connectivity index (χ0) is 15.1. The summed E-state index contributed by atoms with van der Waals surface area (Å²) in [6.07, 6.45) is 0.751. The highest BCUT2D eigenvalue weighted by Gasteiger charge is 2.12. The van der Waals surface area contributed by atoms with Crippen LogP contribution in [0.3, 0.4) is 0 Å². The normalized spacial score (nSPS) is 12.3. The summed E-state index contributed by atoms with van der Waals surface area (Å²) in [7, 11) is 0.